The molecule has 0 unspecified atom stereocenters. The van der Waals surface area contributed by atoms with Crippen LogP contribution in [-0.2, 0) is 6.54 Å². The zero-order valence-corrected chi connectivity index (χ0v) is 11.1. The number of nitrogens with one attached hydrogen (secondary N) is 1. The zero-order valence-electron chi connectivity index (χ0n) is 11.1. The summed E-state index contributed by atoms with van der Waals surface area (Å²) in [6.45, 7) is 4.27. The second-order valence-electron chi connectivity index (χ2n) is 4.18. The van der Waals surface area contributed by atoms with Crippen LogP contribution >= 0.6 is 0 Å². The number of aryl methyl sites for hydroxylation is 2. The molecule has 0 radical (unpaired) electrons. The predicted molar refractivity (Wildman–Crippen MR) is 71.8 cm³/mol. The molecule has 2 rings (SSSR count). The molecule has 0 aromatic carbocycles. The molecule has 0 spiro atoms. The molecule has 0 saturated carbocycles. The van der Waals surface area contributed by atoms with Crippen LogP contribution in [0.2, 0.25) is 0 Å². The Morgan fingerprint density at radius 1 is 1.40 bits per heavy atom. The largest absolute Gasteiger partial charge is 0.477 e. The molecule has 0 atom stereocenters. The minimum atomic E-state index is -1.14. The van der Waals surface area contributed by atoms with Gasteiger partial charge in [0.15, 0.2) is 0 Å². The fourth-order valence-electron chi connectivity index (χ4n) is 1.79. The fraction of sp³-hybridized carbons (Fsp3) is 0.231. The molecule has 104 valence electrons. The first-order valence-corrected chi connectivity index (χ1v) is 6.06. The van der Waals surface area contributed by atoms with Crippen LogP contribution in [0.5, 0.6) is 0 Å². The third-order valence-corrected chi connectivity index (χ3v) is 2.67. The number of anilines is 1. The number of aromatic nitrogens is 3. The Hall–Kier alpha value is -2.70. The number of aromatic carboxylic acids is 1. The summed E-state index contributed by atoms with van der Waals surface area (Å²) in [5.74, 6) is -1.48. The van der Waals surface area contributed by atoms with Crippen LogP contribution in [-0.4, -0.2) is 31.7 Å². The van der Waals surface area contributed by atoms with Gasteiger partial charge in [-0.2, -0.15) is 5.10 Å². The van der Waals surface area contributed by atoms with Gasteiger partial charge >= 0.3 is 5.97 Å². The molecule has 2 heterocycles. The van der Waals surface area contributed by atoms with Gasteiger partial charge in [0.05, 0.1) is 5.69 Å². The number of carbonyl (C=O) groups excluding carboxylic acids is 1. The van der Waals surface area contributed by atoms with Crippen molar-refractivity contribution in [1.29, 1.82) is 0 Å². The predicted octanol–water partition coefficient (Wildman–Crippen LogP) is 1.56. The van der Waals surface area contributed by atoms with Crippen molar-refractivity contribution in [3.8, 4) is 0 Å². The third-order valence-electron chi connectivity index (χ3n) is 2.67. The number of carbonyl (C=O) groups is 2. The maximum Gasteiger partial charge on any atom is 0.354 e. The Labute approximate surface area is 115 Å². The average molecular weight is 274 g/mol. The number of hydrogen-bond donors (Lipinski definition) is 2. The lowest BCUT2D eigenvalue weighted by Gasteiger charge is -2.06. The summed E-state index contributed by atoms with van der Waals surface area (Å²) in [6, 6.07) is 4.52. The first-order valence-electron chi connectivity index (χ1n) is 6.06. The van der Waals surface area contributed by atoms with Crippen molar-refractivity contribution in [3.05, 3.63) is 41.5 Å². The highest BCUT2D eigenvalue weighted by Crippen LogP contribution is 2.11. The number of carboxylic acid groups (broad SMARTS) is 1. The van der Waals surface area contributed by atoms with E-state index in [0.717, 1.165) is 5.69 Å². The normalized spacial score (nSPS) is 10.3. The number of rotatable bonds is 4. The lowest BCUT2D eigenvalue weighted by molar-refractivity contribution is 0.0690. The van der Waals surface area contributed by atoms with E-state index in [-0.39, 0.29) is 11.6 Å². The molecular formula is C13H14N4O3. The van der Waals surface area contributed by atoms with E-state index < -0.39 is 5.97 Å². The number of hydrogen-bond acceptors (Lipinski definition) is 4. The van der Waals surface area contributed by atoms with Gasteiger partial charge in [-0.3, -0.25) is 9.48 Å². The van der Waals surface area contributed by atoms with Crippen molar-refractivity contribution in [2.45, 2.75) is 20.4 Å². The Bertz CT molecular complexity index is 663. The summed E-state index contributed by atoms with van der Waals surface area (Å²) in [7, 11) is 0. The summed E-state index contributed by atoms with van der Waals surface area (Å²) in [4.78, 5) is 26.7. The van der Waals surface area contributed by atoms with Crippen LogP contribution < -0.4 is 5.32 Å². The number of nitrogens with zero attached hydrogens (tertiary/aromatic N) is 3. The molecule has 7 heteroatoms. The van der Waals surface area contributed by atoms with Crippen molar-refractivity contribution in [1.82, 2.24) is 14.8 Å². The molecule has 7 nitrogen and oxygen atoms in total. The van der Waals surface area contributed by atoms with Crippen molar-refractivity contribution in [3.63, 3.8) is 0 Å². The quantitative estimate of drug-likeness (QED) is 0.881. The monoisotopic (exact) mass is 274 g/mol. The van der Waals surface area contributed by atoms with Gasteiger partial charge in [0.2, 0.25) is 0 Å². The van der Waals surface area contributed by atoms with Crippen molar-refractivity contribution < 1.29 is 14.7 Å². The number of pyridine rings is 1. The summed E-state index contributed by atoms with van der Waals surface area (Å²) >= 11 is 0. The van der Waals surface area contributed by atoms with Gasteiger partial charge in [-0.15, -0.1) is 0 Å². The zero-order chi connectivity index (χ0) is 14.7. The van der Waals surface area contributed by atoms with Gasteiger partial charge in [-0.05, 0) is 32.0 Å². The highest BCUT2D eigenvalue weighted by molar-refractivity contribution is 6.03. The maximum atomic E-state index is 12.1. The van der Waals surface area contributed by atoms with Crippen LogP contribution in [0.25, 0.3) is 0 Å². The number of carboxylic acids is 1. The number of amides is 1. The first-order chi connectivity index (χ1) is 9.51. The summed E-state index contributed by atoms with van der Waals surface area (Å²) < 4.78 is 1.59. The van der Waals surface area contributed by atoms with E-state index in [2.05, 4.69) is 15.4 Å². The van der Waals surface area contributed by atoms with Gasteiger partial charge in [0.1, 0.15) is 11.4 Å². The van der Waals surface area contributed by atoms with Crippen LogP contribution in [0.4, 0.5) is 5.69 Å². The summed E-state index contributed by atoms with van der Waals surface area (Å²) in [5, 5.41) is 15.7. The highest BCUT2D eigenvalue weighted by atomic mass is 16.4. The topological polar surface area (TPSA) is 97.1 Å². The van der Waals surface area contributed by atoms with Crippen LogP contribution in [0.15, 0.2) is 24.4 Å². The second-order valence-corrected chi connectivity index (χ2v) is 4.18. The summed E-state index contributed by atoms with van der Waals surface area (Å²) in [5.41, 5.74) is 1.43. The molecule has 2 aromatic heterocycles. The lowest BCUT2D eigenvalue weighted by atomic mass is 10.3. The molecule has 2 N–H and O–H groups in total. The van der Waals surface area contributed by atoms with Crippen molar-refractivity contribution in [2.75, 3.05) is 5.32 Å². The van der Waals surface area contributed by atoms with Gasteiger partial charge in [0, 0.05) is 18.4 Å². The molecule has 0 fully saturated rings. The van der Waals surface area contributed by atoms with E-state index in [1.54, 1.807) is 17.7 Å². The Kier molecular flexibility index (Phi) is 3.79. The average Bonchev–Trinajstić information content (AvgIpc) is 2.80. The maximum absolute atomic E-state index is 12.1. The van der Waals surface area contributed by atoms with E-state index in [0.29, 0.717) is 17.9 Å². The van der Waals surface area contributed by atoms with Gasteiger partial charge in [-0.1, -0.05) is 0 Å². The van der Waals surface area contributed by atoms with E-state index >= 15 is 0 Å². The Balaban J connectivity index is 2.23. The van der Waals surface area contributed by atoms with Crippen molar-refractivity contribution in [2.24, 2.45) is 0 Å². The fourth-order valence-corrected chi connectivity index (χ4v) is 1.79. The standard InChI is InChI=1S/C13H14N4O3/c1-3-17-11(6-8(2)16-17)12(18)15-9-4-5-14-10(7-9)13(19)20/h4-7H,3H2,1-2H3,(H,19,20)(H,14,15,18). The lowest BCUT2D eigenvalue weighted by Crippen LogP contribution is -2.17. The van der Waals surface area contributed by atoms with E-state index in [9.17, 15) is 9.59 Å². The van der Waals surface area contributed by atoms with E-state index in [4.69, 9.17) is 5.11 Å². The van der Waals surface area contributed by atoms with Crippen LogP contribution in [0.3, 0.4) is 0 Å². The van der Waals surface area contributed by atoms with E-state index in [1.807, 2.05) is 6.92 Å². The highest BCUT2D eigenvalue weighted by Gasteiger charge is 2.14. The smallest absolute Gasteiger partial charge is 0.354 e. The molecule has 1 amide bonds. The molecule has 20 heavy (non-hydrogen) atoms. The molecule has 0 aliphatic carbocycles. The third kappa shape index (κ3) is 2.82. The van der Waals surface area contributed by atoms with Gasteiger partial charge in [0.25, 0.3) is 5.91 Å². The van der Waals surface area contributed by atoms with Crippen LogP contribution in [0, 0.1) is 6.92 Å². The summed E-state index contributed by atoms with van der Waals surface area (Å²) in [6.07, 6.45) is 1.33. The van der Waals surface area contributed by atoms with Gasteiger partial charge in [-0.25, -0.2) is 9.78 Å². The molecule has 0 aliphatic rings. The minimum Gasteiger partial charge on any atom is -0.477 e. The van der Waals surface area contributed by atoms with Gasteiger partial charge < -0.3 is 10.4 Å². The molecule has 0 bridgehead atoms. The SMILES string of the molecule is CCn1nc(C)cc1C(=O)Nc1ccnc(C(=O)O)c1. The Morgan fingerprint density at radius 2 is 2.15 bits per heavy atom. The Morgan fingerprint density at radius 3 is 2.80 bits per heavy atom. The molecular weight excluding hydrogens is 260 g/mol. The minimum absolute atomic E-state index is 0.122. The molecule has 0 aliphatic heterocycles. The van der Waals surface area contributed by atoms with E-state index in [1.165, 1.54) is 18.3 Å². The van der Waals surface area contributed by atoms with Crippen LogP contribution in [0.1, 0.15) is 33.6 Å². The van der Waals surface area contributed by atoms with Crippen molar-refractivity contribution >= 4 is 17.6 Å². The molecule has 0 saturated heterocycles. The first kappa shape index (κ1) is 13.7. The second kappa shape index (κ2) is 5.52. The molecule has 2 aromatic rings.